The molecule has 23 heavy (non-hydrogen) atoms. The van der Waals surface area contributed by atoms with Crippen molar-refractivity contribution >= 4 is 0 Å². The lowest BCUT2D eigenvalue weighted by Crippen LogP contribution is -2.22. The van der Waals surface area contributed by atoms with Crippen LogP contribution in [0.4, 0.5) is 0 Å². The highest BCUT2D eigenvalue weighted by Gasteiger charge is 2.09. The summed E-state index contributed by atoms with van der Waals surface area (Å²) in [6, 6.07) is 8.49. The fourth-order valence-corrected chi connectivity index (χ4v) is 1.84. The molecule has 5 nitrogen and oxygen atoms in total. The average Bonchev–Trinajstić information content (AvgIpc) is 2.63. The third-order valence-electron chi connectivity index (χ3n) is 3.10. The lowest BCUT2D eigenvalue weighted by Gasteiger charge is -2.13. The van der Waals surface area contributed by atoms with Gasteiger partial charge in [0.25, 0.3) is 0 Å². The van der Waals surface area contributed by atoms with Gasteiger partial charge in [-0.3, -0.25) is 0 Å². The summed E-state index contributed by atoms with van der Waals surface area (Å²) < 4.78 is 48.6. The number of hydrogen-bond acceptors (Lipinski definition) is 5. The van der Waals surface area contributed by atoms with E-state index in [-0.39, 0.29) is 29.2 Å². The average molecular weight is 323 g/mol. The summed E-state index contributed by atoms with van der Waals surface area (Å²) in [6.45, 7) is -0.791. The fourth-order valence-electron chi connectivity index (χ4n) is 1.84. The fraction of sp³-hybridized carbons (Fsp3) is 0.333. The van der Waals surface area contributed by atoms with Crippen LogP contribution in [0, 0.1) is 0 Å². The van der Waals surface area contributed by atoms with Crippen LogP contribution in [-0.2, 0) is 6.37 Å². The molecule has 0 aliphatic carbocycles. The molecule has 0 bridgehead atoms. The van der Waals surface area contributed by atoms with Crippen molar-refractivity contribution in [2.24, 2.45) is 0 Å². The van der Waals surface area contributed by atoms with E-state index in [9.17, 15) is 20.4 Å². The van der Waals surface area contributed by atoms with Crippen LogP contribution in [0.25, 0.3) is 0 Å². The highest BCUT2D eigenvalue weighted by Crippen LogP contribution is 2.27. The number of benzene rings is 2. The Kier molecular flexibility index (Phi) is 3.85. The molecular formula is C18H23NO4. The number of nitrogens with one attached hydrogen (secondary N) is 1. The first-order valence-electron chi connectivity index (χ1n) is 10.00. The van der Waals surface area contributed by atoms with E-state index >= 15 is 0 Å². The van der Waals surface area contributed by atoms with Gasteiger partial charge in [-0.15, -0.1) is 0 Å². The second-order valence-electron chi connectivity index (χ2n) is 4.87. The van der Waals surface area contributed by atoms with Crippen LogP contribution in [0.3, 0.4) is 0 Å². The summed E-state index contributed by atoms with van der Waals surface area (Å²) in [5, 5.41) is 40.8. The molecule has 124 valence electrons. The van der Waals surface area contributed by atoms with E-state index in [1.807, 2.05) is 0 Å². The minimum Gasteiger partial charge on any atom is -0.508 e. The summed E-state index contributed by atoms with van der Waals surface area (Å²) in [7, 11) is 0. The summed E-state index contributed by atoms with van der Waals surface area (Å²) in [6.07, 6.45) is -9.48. The van der Waals surface area contributed by atoms with E-state index in [1.54, 1.807) is 0 Å². The van der Waals surface area contributed by atoms with Crippen molar-refractivity contribution in [2.45, 2.75) is 25.2 Å². The number of rotatable bonds is 8. The van der Waals surface area contributed by atoms with Gasteiger partial charge in [0, 0.05) is 14.8 Å². The van der Waals surface area contributed by atoms with E-state index in [0.29, 0.717) is 0 Å². The van der Waals surface area contributed by atoms with Crippen LogP contribution in [0.1, 0.15) is 38.2 Å². The molecular weight excluding hydrogens is 294 g/mol. The van der Waals surface area contributed by atoms with Gasteiger partial charge in [-0.2, -0.15) is 0 Å². The zero-order valence-electron chi connectivity index (χ0n) is 18.3. The topological polar surface area (TPSA) is 93.0 Å². The van der Waals surface area contributed by atoms with Crippen LogP contribution in [-0.4, -0.2) is 33.5 Å². The Balaban J connectivity index is 2.08. The third-order valence-corrected chi connectivity index (χ3v) is 3.10. The van der Waals surface area contributed by atoms with Gasteiger partial charge >= 0.3 is 0 Å². The minimum absolute atomic E-state index is 0.121. The zero-order valence-corrected chi connectivity index (χ0v) is 12.3. The molecule has 0 heterocycles. The van der Waals surface area contributed by atoms with E-state index in [1.165, 1.54) is 36.4 Å². The number of aliphatic hydroxyl groups excluding tert-OH is 1. The molecule has 0 unspecified atom stereocenters. The van der Waals surface area contributed by atoms with E-state index < -0.39 is 37.5 Å². The first-order chi connectivity index (χ1) is 13.3. The van der Waals surface area contributed by atoms with E-state index in [2.05, 4.69) is 5.32 Å². The molecule has 0 saturated carbocycles. The van der Waals surface area contributed by atoms with Gasteiger partial charge in [0.2, 0.25) is 0 Å². The van der Waals surface area contributed by atoms with Crippen LogP contribution in [0.2, 0.25) is 0 Å². The van der Waals surface area contributed by atoms with Crippen LogP contribution >= 0.6 is 0 Å². The summed E-state index contributed by atoms with van der Waals surface area (Å²) >= 11 is 0. The highest BCUT2D eigenvalue weighted by molar-refractivity contribution is 5.41. The molecule has 2 rings (SSSR count). The molecule has 0 radical (unpaired) electrons. The van der Waals surface area contributed by atoms with Gasteiger partial charge in [-0.05, 0) is 61.1 Å². The van der Waals surface area contributed by atoms with Crippen molar-refractivity contribution in [3.8, 4) is 17.2 Å². The standard InChI is InChI=1S/C18H23NO4/c20-15-7-4-13(5-8-15)3-1-2-10-19-12-18(23)14-6-9-16(21)17(22)11-14/h4-9,11,18-23H,1-3,10,12H2/t18-/m0/s1/i1D2,2D2,3D2. The van der Waals surface area contributed by atoms with E-state index in [0.717, 1.165) is 6.07 Å². The van der Waals surface area contributed by atoms with Crippen molar-refractivity contribution in [3.05, 3.63) is 53.6 Å². The molecule has 0 aliphatic heterocycles. The van der Waals surface area contributed by atoms with Crippen LogP contribution in [0.15, 0.2) is 42.5 Å². The molecule has 0 spiro atoms. The van der Waals surface area contributed by atoms with Gasteiger partial charge in [0.15, 0.2) is 11.5 Å². The molecule has 0 amide bonds. The number of aromatic hydroxyl groups is 3. The SMILES string of the molecule is [2H]C([2H])(CNC[C@H](O)c1ccc(O)c(O)c1)C([2H])([2H])C([2H])([2H])c1ccc(O)cc1. The Bertz CT molecular complexity index is 845. The van der Waals surface area contributed by atoms with Gasteiger partial charge in [-0.1, -0.05) is 18.2 Å². The maximum Gasteiger partial charge on any atom is 0.157 e. The Morgan fingerprint density at radius 2 is 1.70 bits per heavy atom. The monoisotopic (exact) mass is 323 g/mol. The van der Waals surface area contributed by atoms with Crippen LogP contribution in [0.5, 0.6) is 17.2 Å². The maximum absolute atomic E-state index is 10.1. The molecule has 5 heteroatoms. The van der Waals surface area contributed by atoms with Gasteiger partial charge in [0.05, 0.1) is 6.10 Å². The van der Waals surface area contributed by atoms with E-state index in [4.69, 9.17) is 8.22 Å². The number of aliphatic hydroxyl groups is 1. The van der Waals surface area contributed by atoms with Crippen LogP contribution < -0.4 is 5.32 Å². The molecule has 0 fully saturated rings. The van der Waals surface area contributed by atoms with Crippen molar-refractivity contribution in [2.75, 3.05) is 13.1 Å². The summed E-state index contributed by atoms with van der Waals surface area (Å²) in [4.78, 5) is 0. The number of hydrogen-bond donors (Lipinski definition) is 5. The zero-order chi connectivity index (χ0) is 22.0. The maximum atomic E-state index is 10.1. The second-order valence-corrected chi connectivity index (χ2v) is 4.87. The lowest BCUT2D eigenvalue weighted by atomic mass is 10.1. The Morgan fingerprint density at radius 3 is 2.39 bits per heavy atom. The third kappa shape index (κ3) is 5.47. The number of phenolic OH excluding ortho intramolecular Hbond substituents is 3. The predicted molar refractivity (Wildman–Crippen MR) is 88.6 cm³/mol. The molecule has 5 N–H and O–H groups in total. The molecule has 0 aliphatic rings. The van der Waals surface area contributed by atoms with Gasteiger partial charge in [-0.25, -0.2) is 0 Å². The molecule has 0 saturated heterocycles. The first kappa shape index (κ1) is 10.5. The molecule has 2 aromatic carbocycles. The summed E-state index contributed by atoms with van der Waals surface area (Å²) in [5.74, 6) is -0.894. The predicted octanol–water partition coefficient (Wildman–Crippen LogP) is 2.45. The Labute approximate surface area is 144 Å². The lowest BCUT2D eigenvalue weighted by molar-refractivity contribution is 0.174. The Hall–Kier alpha value is -2.24. The number of aryl methyl sites for hydroxylation is 1. The smallest absolute Gasteiger partial charge is 0.157 e. The quantitative estimate of drug-likeness (QED) is 0.481. The van der Waals surface area contributed by atoms with Crippen molar-refractivity contribution < 1.29 is 28.7 Å². The highest BCUT2D eigenvalue weighted by atomic mass is 16.3. The van der Waals surface area contributed by atoms with Crippen molar-refractivity contribution in [1.82, 2.24) is 5.32 Å². The number of phenols is 3. The Morgan fingerprint density at radius 1 is 0.957 bits per heavy atom. The van der Waals surface area contributed by atoms with Gasteiger partial charge in [0.1, 0.15) is 5.75 Å². The van der Waals surface area contributed by atoms with Crippen molar-refractivity contribution in [1.29, 1.82) is 0 Å². The molecule has 1 atom stereocenters. The normalized spacial score (nSPS) is 18.0. The molecule has 2 aromatic rings. The molecule has 0 aromatic heterocycles. The first-order valence-corrected chi connectivity index (χ1v) is 7.00. The summed E-state index contributed by atoms with van der Waals surface area (Å²) in [5.41, 5.74) is 0.138. The van der Waals surface area contributed by atoms with Gasteiger partial charge < -0.3 is 25.7 Å². The minimum atomic E-state index is -2.95. The van der Waals surface area contributed by atoms with Crippen molar-refractivity contribution in [3.63, 3.8) is 0 Å². The largest absolute Gasteiger partial charge is 0.508 e. The second kappa shape index (κ2) is 8.41.